The van der Waals surface area contributed by atoms with Gasteiger partial charge in [-0.05, 0) is 72.8 Å². The van der Waals surface area contributed by atoms with Gasteiger partial charge in [0.15, 0.2) is 0 Å². The maximum absolute atomic E-state index is 8.15. The predicted octanol–water partition coefficient (Wildman–Crippen LogP) is 4.65. The molecule has 4 nitrogen and oxygen atoms in total. The maximum atomic E-state index is 8.15. The van der Waals surface area contributed by atoms with Crippen LogP contribution in [0.3, 0.4) is 0 Å². The summed E-state index contributed by atoms with van der Waals surface area (Å²) in [6.45, 7) is 0. The van der Waals surface area contributed by atoms with Crippen molar-refractivity contribution in [2.75, 3.05) is 0 Å². The van der Waals surface area contributed by atoms with E-state index in [0.29, 0.717) is 6.04 Å². The molecule has 0 unspecified atom stereocenters. The molecular weight excluding hydrogens is 362 g/mol. The molecule has 2 aliphatic rings. The zero-order chi connectivity index (χ0) is 16.8. The standard InChI is InChI=1S/C20H14N4.Zn/c1-2-14-10-16-5-6-18(23-16)12-20-8-7-19(24-20)11-17-4-3-15(22-17)9-13(1)21-14;/h1-12,21-22H;/i1D;. The van der Waals surface area contributed by atoms with Gasteiger partial charge in [-0.1, -0.05) is 0 Å². The fourth-order valence-corrected chi connectivity index (χ4v) is 2.87. The number of nitrogens with zero attached hydrogens (tertiary/aromatic N) is 2. The Kier molecular flexibility index (Phi) is 3.65. The van der Waals surface area contributed by atoms with E-state index < -0.39 is 0 Å². The number of hydrogen-bond donors (Lipinski definition) is 2. The van der Waals surface area contributed by atoms with Crippen LogP contribution in [-0.2, 0) is 19.5 Å². The molecule has 2 N–H and O–H groups in total. The van der Waals surface area contributed by atoms with Gasteiger partial charge in [-0.3, -0.25) is 0 Å². The van der Waals surface area contributed by atoms with E-state index in [1.807, 2.05) is 66.8 Å². The molecule has 0 aromatic carbocycles. The first-order valence-corrected chi connectivity index (χ1v) is 7.76. The van der Waals surface area contributed by atoms with Crippen molar-refractivity contribution in [2.24, 2.45) is 0 Å². The summed E-state index contributed by atoms with van der Waals surface area (Å²) in [5, 5.41) is 0. The number of aromatic amines is 2. The van der Waals surface area contributed by atoms with Gasteiger partial charge in [0.2, 0.25) is 0 Å². The summed E-state index contributed by atoms with van der Waals surface area (Å²) in [6, 6.07) is 14.1. The molecule has 3 aromatic heterocycles. The summed E-state index contributed by atoms with van der Waals surface area (Å²) in [6.07, 6.45) is 7.91. The monoisotopic (exact) mass is 375 g/mol. The molecule has 3 aromatic rings. The quantitative estimate of drug-likeness (QED) is 0.386. The second-order valence-corrected chi connectivity index (χ2v) is 5.82. The summed E-state index contributed by atoms with van der Waals surface area (Å²) in [7, 11) is 0. The molecule has 0 radical (unpaired) electrons. The molecule has 0 fully saturated rings. The minimum atomic E-state index is 0. The third-order valence-electron chi connectivity index (χ3n) is 3.96. The summed E-state index contributed by atoms with van der Waals surface area (Å²) in [5.74, 6) is 0. The molecule has 0 atom stereocenters. The molecule has 0 saturated carbocycles. The van der Waals surface area contributed by atoms with Crippen LogP contribution < -0.4 is 0 Å². The van der Waals surface area contributed by atoms with Crippen LogP contribution >= 0.6 is 0 Å². The molecule has 5 rings (SSSR count). The van der Waals surface area contributed by atoms with Crippen molar-refractivity contribution in [3.63, 3.8) is 0 Å². The van der Waals surface area contributed by atoms with E-state index in [-0.39, 0.29) is 19.5 Å². The number of hydrogen-bond acceptors (Lipinski definition) is 2. The number of fused-ring (bicyclic) bond motifs is 8. The van der Waals surface area contributed by atoms with Crippen molar-refractivity contribution in [1.82, 2.24) is 19.9 Å². The summed E-state index contributed by atoms with van der Waals surface area (Å²) < 4.78 is 8.15. The van der Waals surface area contributed by atoms with Crippen LogP contribution in [-0.4, -0.2) is 19.9 Å². The molecule has 5 heterocycles. The average molecular weight is 377 g/mol. The Morgan fingerprint density at radius 3 is 1.72 bits per heavy atom. The van der Waals surface area contributed by atoms with Gasteiger partial charge in [-0.25, -0.2) is 9.97 Å². The Balaban J connectivity index is 0.00000168. The van der Waals surface area contributed by atoms with Crippen LogP contribution in [0, 0.1) is 0 Å². The minimum absolute atomic E-state index is 0. The fourth-order valence-electron chi connectivity index (χ4n) is 2.87. The van der Waals surface area contributed by atoms with Crippen LogP contribution in [0.1, 0.15) is 24.1 Å². The van der Waals surface area contributed by atoms with E-state index in [4.69, 9.17) is 1.37 Å². The first-order valence-electron chi connectivity index (χ1n) is 8.26. The zero-order valence-electron chi connectivity index (χ0n) is 14.5. The van der Waals surface area contributed by atoms with Gasteiger partial charge in [0, 0.05) is 41.5 Å². The van der Waals surface area contributed by atoms with E-state index in [2.05, 4.69) is 19.9 Å². The Hall–Kier alpha value is -2.78. The summed E-state index contributed by atoms with van der Waals surface area (Å²) in [4.78, 5) is 15.8. The van der Waals surface area contributed by atoms with Crippen molar-refractivity contribution in [3.8, 4) is 0 Å². The van der Waals surface area contributed by atoms with Crippen molar-refractivity contribution >= 4 is 46.4 Å². The third kappa shape index (κ3) is 3.24. The SMILES string of the molecule is [2H]c1cc2cc3nc(cc4nc(cc5ccc(cc1[nH]2)[nH]5)C=C4)C=C3.[Zn]. The smallest absolute Gasteiger partial charge is 0.0659 e. The van der Waals surface area contributed by atoms with E-state index in [9.17, 15) is 0 Å². The summed E-state index contributed by atoms with van der Waals surface area (Å²) >= 11 is 0. The van der Waals surface area contributed by atoms with Crippen LogP contribution in [0.15, 0.2) is 48.5 Å². The molecule has 0 amide bonds. The third-order valence-corrected chi connectivity index (χ3v) is 3.96. The van der Waals surface area contributed by atoms with Crippen molar-refractivity contribution in [1.29, 1.82) is 0 Å². The molecule has 0 spiro atoms. The predicted molar refractivity (Wildman–Crippen MR) is 98.9 cm³/mol. The second-order valence-electron chi connectivity index (χ2n) is 5.82. The van der Waals surface area contributed by atoms with Gasteiger partial charge in [0.05, 0.1) is 24.1 Å². The van der Waals surface area contributed by atoms with Gasteiger partial charge in [-0.2, -0.15) is 0 Å². The van der Waals surface area contributed by atoms with Crippen molar-refractivity contribution in [3.05, 3.63) is 71.3 Å². The van der Waals surface area contributed by atoms with Gasteiger partial charge in [-0.15, -0.1) is 0 Å². The summed E-state index contributed by atoms with van der Waals surface area (Å²) in [5.41, 5.74) is 7.04. The fraction of sp³-hybridized carbons (Fsp3) is 0. The normalized spacial score (nSPS) is 12.7. The van der Waals surface area contributed by atoms with E-state index >= 15 is 0 Å². The zero-order valence-corrected chi connectivity index (χ0v) is 16.4. The van der Waals surface area contributed by atoms with Crippen LogP contribution in [0.4, 0.5) is 0 Å². The van der Waals surface area contributed by atoms with Gasteiger partial charge < -0.3 is 9.97 Å². The molecule has 0 saturated heterocycles. The number of rotatable bonds is 0. The van der Waals surface area contributed by atoms with Crippen molar-refractivity contribution in [2.45, 2.75) is 0 Å². The van der Waals surface area contributed by atoms with Gasteiger partial charge >= 0.3 is 0 Å². The van der Waals surface area contributed by atoms with Crippen molar-refractivity contribution < 1.29 is 20.8 Å². The van der Waals surface area contributed by atoms with Crippen LogP contribution in [0.5, 0.6) is 0 Å². The number of aromatic nitrogens is 4. The average Bonchev–Trinajstić information content (AvgIpc) is 3.33. The molecule has 2 aliphatic heterocycles. The molecule has 8 bridgehead atoms. The topological polar surface area (TPSA) is 57.4 Å². The molecular formula is C20H14N4Zn. The second kappa shape index (κ2) is 6.26. The number of H-pyrrole nitrogens is 2. The van der Waals surface area contributed by atoms with Crippen LogP contribution in [0.25, 0.3) is 46.4 Å². The minimum Gasteiger partial charge on any atom is -0.355 e. The van der Waals surface area contributed by atoms with Crippen LogP contribution in [0.2, 0.25) is 0 Å². The molecule has 5 heteroatoms. The van der Waals surface area contributed by atoms with Gasteiger partial charge in [0.1, 0.15) is 0 Å². The maximum Gasteiger partial charge on any atom is 0.0659 e. The first kappa shape index (κ1) is 14.6. The Morgan fingerprint density at radius 1 is 0.600 bits per heavy atom. The van der Waals surface area contributed by atoms with E-state index in [1.165, 1.54) is 0 Å². The Labute approximate surface area is 158 Å². The Bertz CT molecular complexity index is 1220. The Morgan fingerprint density at radius 2 is 1.08 bits per heavy atom. The molecule has 0 aliphatic carbocycles. The largest absolute Gasteiger partial charge is 0.355 e. The van der Waals surface area contributed by atoms with Gasteiger partial charge in [0.25, 0.3) is 0 Å². The van der Waals surface area contributed by atoms with E-state index in [0.717, 1.165) is 44.8 Å². The molecule has 116 valence electrons. The first-order chi connectivity index (χ1) is 12.2. The van der Waals surface area contributed by atoms with E-state index in [1.54, 1.807) is 0 Å². The number of nitrogens with one attached hydrogen (secondary N) is 2. The molecule has 25 heavy (non-hydrogen) atoms.